The smallest absolute Gasteiger partial charge is 0.264 e. The Bertz CT molecular complexity index is 2060. The average Bonchev–Trinajstić information content (AvgIpc) is 3.44. The Labute approximate surface area is 337 Å². The van der Waals surface area contributed by atoms with Gasteiger partial charge in [0.2, 0.25) is 11.8 Å². The first-order chi connectivity index (χ1) is 27.2. The van der Waals surface area contributed by atoms with Crippen molar-refractivity contribution in [2.45, 2.75) is 84.4 Å². The fourth-order valence-electron chi connectivity index (χ4n) is 8.35. The minimum Gasteiger partial charge on any atom is -0.494 e. The molecule has 0 spiro atoms. The van der Waals surface area contributed by atoms with Gasteiger partial charge in [0.25, 0.3) is 17.7 Å². The Hall–Kier alpha value is -5.45. The summed E-state index contributed by atoms with van der Waals surface area (Å²) in [4.78, 5) is 64.4. The first kappa shape index (κ1) is 41.2. The van der Waals surface area contributed by atoms with Crippen molar-refractivity contribution in [1.29, 1.82) is 5.26 Å². The molecular formula is C43H48ClN5O8. The zero-order chi connectivity index (χ0) is 40.9. The number of anilines is 1. The number of fused-ring (bicyclic) bond motifs is 1. The molecule has 1 saturated carbocycles. The summed E-state index contributed by atoms with van der Waals surface area (Å²) in [5.41, 5.74) is 1.19. The van der Waals surface area contributed by atoms with Gasteiger partial charge in [-0.25, -0.2) is 0 Å². The number of halogens is 1. The standard InChI is InChI=1S/C43H48ClN5O8/c1-42(2)40(43(3,4)41(42)57-29-17-14-27(25-45)31(44)24-29)48-36(51)26-12-15-28(16-13-26)56-23-7-5-6-21-55-22-9-20-46-32-11-8-10-30-35(32)39(54)49(38(30)53)33-18-19-34(50)47-37(33)52/h8,10-17,24,33,40-41,46H,5-7,9,18-23H2,1-4H3,(H,48,51)(H,47,50,52)/t33?,40-,41-. The molecule has 0 radical (unpaired) electrons. The van der Waals surface area contributed by atoms with Crippen LogP contribution in [0.25, 0.3) is 0 Å². The molecular weight excluding hydrogens is 750 g/mol. The lowest BCUT2D eigenvalue weighted by Gasteiger charge is -2.63. The van der Waals surface area contributed by atoms with E-state index in [4.69, 9.17) is 25.8 Å². The number of imide groups is 2. The van der Waals surface area contributed by atoms with Crippen molar-refractivity contribution in [3.8, 4) is 17.6 Å². The quantitative estimate of drug-likeness (QED) is 0.104. The average molecular weight is 798 g/mol. The molecule has 0 aromatic heterocycles. The van der Waals surface area contributed by atoms with Gasteiger partial charge in [-0.1, -0.05) is 45.4 Å². The van der Waals surface area contributed by atoms with Crippen LogP contribution in [0.4, 0.5) is 5.69 Å². The Kier molecular flexibility index (Phi) is 12.5. The molecule has 0 bridgehead atoms. The Balaban J connectivity index is 0.845. The van der Waals surface area contributed by atoms with Gasteiger partial charge in [-0.15, -0.1) is 0 Å². The summed E-state index contributed by atoms with van der Waals surface area (Å²) in [6, 6.07) is 18.1. The van der Waals surface area contributed by atoms with E-state index in [1.807, 2.05) is 0 Å². The molecule has 57 heavy (non-hydrogen) atoms. The lowest BCUT2D eigenvalue weighted by Crippen LogP contribution is -2.74. The van der Waals surface area contributed by atoms with Crippen molar-refractivity contribution in [1.82, 2.24) is 15.5 Å². The second-order valence-corrected chi connectivity index (χ2v) is 16.2. The maximum Gasteiger partial charge on any atom is 0.264 e. The Morgan fingerprint density at radius 3 is 2.32 bits per heavy atom. The second-order valence-electron chi connectivity index (χ2n) is 15.8. The van der Waals surface area contributed by atoms with Crippen LogP contribution in [0.2, 0.25) is 5.02 Å². The van der Waals surface area contributed by atoms with E-state index in [0.29, 0.717) is 66.1 Å². The summed E-state index contributed by atoms with van der Waals surface area (Å²) in [6.45, 7) is 10.4. The lowest BCUT2D eigenvalue weighted by atomic mass is 9.49. The summed E-state index contributed by atoms with van der Waals surface area (Å²) < 4.78 is 18.0. The number of rotatable bonds is 17. The van der Waals surface area contributed by atoms with Gasteiger partial charge in [0.15, 0.2) is 0 Å². The van der Waals surface area contributed by atoms with E-state index in [-0.39, 0.29) is 52.9 Å². The molecule has 13 nitrogen and oxygen atoms in total. The largest absolute Gasteiger partial charge is 0.494 e. The van der Waals surface area contributed by atoms with Crippen LogP contribution in [0, 0.1) is 22.2 Å². The fourth-order valence-corrected chi connectivity index (χ4v) is 8.56. The van der Waals surface area contributed by atoms with E-state index >= 15 is 0 Å². The zero-order valence-corrected chi connectivity index (χ0v) is 33.4. The number of benzene rings is 3. The summed E-state index contributed by atoms with van der Waals surface area (Å²) in [7, 11) is 0. The van der Waals surface area contributed by atoms with Crippen molar-refractivity contribution in [2.24, 2.45) is 10.8 Å². The van der Waals surface area contributed by atoms with Crippen molar-refractivity contribution in [3.63, 3.8) is 0 Å². The van der Waals surface area contributed by atoms with Crippen LogP contribution in [0.1, 0.15) is 103 Å². The molecule has 3 aromatic rings. The number of piperidine rings is 1. The molecule has 2 fully saturated rings. The number of unbranched alkanes of at least 4 members (excludes halogenated alkanes) is 2. The SMILES string of the molecule is CC1(C)[C@H](NC(=O)c2ccc(OCCCCCOCCCNc3cccc4c3C(=O)N(C3CCC(=O)NC3=O)C4=O)cc2)C(C)(C)[C@H]1Oc1ccc(C#N)c(Cl)c1. The maximum absolute atomic E-state index is 13.3. The van der Waals surface area contributed by atoms with Crippen molar-refractivity contribution in [3.05, 3.63) is 87.9 Å². The van der Waals surface area contributed by atoms with E-state index in [1.54, 1.807) is 60.7 Å². The Morgan fingerprint density at radius 1 is 0.912 bits per heavy atom. The normalized spacial score (nSPS) is 20.6. The van der Waals surface area contributed by atoms with Crippen molar-refractivity contribution < 1.29 is 38.2 Å². The molecule has 2 aliphatic heterocycles. The van der Waals surface area contributed by atoms with E-state index < -0.39 is 29.7 Å². The topological polar surface area (TPSA) is 176 Å². The van der Waals surface area contributed by atoms with Crippen LogP contribution < -0.4 is 25.4 Å². The van der Waals surface area contributed by atoms with Gasteiger partial charge in [-0.05, 0) is 80.6 Å². The van der Waals surface area contributed by atoms with Crippen LogP contribution in [0.3, 0.4) is 0 Å². The zero-order valence-electron chi connectivity index (χ0n) is 32.6. The highest BCUT2D eigenvalue weighted by Gasteiger charge is 2.64. The van der Waals surface area contributed by atoms with Gasteiger partial charge in [0.05, 0.1) is 28.3 Å². The number of nitrogens with zero attached hydrogens (tertiary/aromatic N) is 2. The number of hydrogen-bond acceptors (Lipinski definition) is 10. The van der Waals surface area contributed by atoms with Crippen LogP contribution in [-0.2, 0) is 14.3 Å². The minimum atomic E-state index is -1.00. The van der Waals surface area contributed by atoms with Gasteiger partial charge in [-0.3, -0.25) is 34.2 Å². The lowest BCUT2D eigenvalue weighted by molar-refractivity contribution is -0.164. The highest BCUT2D eigenvalue weighted by atomic mass is 35.5. The number of nitriles is 1. The summed E-state index contributed by atoms with van der Waals surface area (Å²) in [6.07, 6.45) is 3.30. The number of amides is 5. The Morgan fingerprint density at radius 2 is 1.61 bits per heavy atom. The molecule has 1 atom stereocenters. The van der Waals surface area contributed by atoms with Gasteiger partial charge in [-0.2, -0.15) is 5.26 Å². The highest BCUT2D eigenvalue weighted by molar-refractivity contribution is 6.31. The fraction of sp³-hybridized carbons (Fsp3) is 0.442. The number of hydrogen-bond donors (Lipinski definition) is 3. The first-order valence-corrected chi connectivity index (χ1v) is 19.7. The van der Waals surface area contributed by atoms with Gasteiger partial charge >= 0.3 is 0 Å². The molecule has 2 heterocycles. The number of nitrogens with one attached hydrogen (secondary N) is 3. The second kappa shape index (κ2) is 17.4. The van der Waals surface area contributed by atoms with Crippen LogP contribution in [-0.4, -0.2) is 79.0 Å². The third-order valence-corrected chi connectivity index (χ3v) is 11.3. The predicted octanol–water partition coefficient (Wildman–Crippen LogP) is 6.29. The van der Waals surface area contributed by atoms with Crippen molar-refractivity contribution in [2.75, 3.05) is 31.7 Å². The number of carbonyl (C=O) groups is 5. The molecule has 300 valence electrons. The molecule has 1 saturated heterocycles. The molecule has 3 aromatic carbocycles. The maximum atomic E-state index is 13.3. The molecule has 5 amide bonds. The van der Waals surface area contributed by atoms with E-state index in [9.17, 15) is 29.2 Å². The molecule has 1 unspecified atom stereocenters. The number of carbonyl (C=O) groups excluding carboxylic acids is 5. The van der Waals surface area contributed by atoms with E-state index in [0.717, 1.165) is 24.2 Å². The summed E-state index contributed by atoms with van der Waals surface area (Å²) in [5, 5.41) is 18.2. The van der Waals surface area contributed by atoms with Crippen LogP contribution in [0.15, 0.2) is 60.7 Å². The molecule has 1 aliphatic carbocycles. The molecule has 3 aliphatic rings. The monoisotopic (exact) mass is 797 g/mol. The van der Waals surface area contributed by atoms with Crippen molar-refractivity contribution >= 4 is 46.8 Å². The minimum absolute atomic E-state index is 0.0691. The highest BCUT2D eigenvalue weighted by Crippen LogP contribution is 2.55. The van der Waals surface area contributed by atoms with Crippen LogP contribution >= 0.6 is 11.6 Å². The van der Waals surface area contributed by atoms with Gasteiger partial charge in [0, 0.05) is 60.4 Å². The summed E-state index contributed by atoms with van der Waals surface area (Å²) in [5.74, 6) is -1.02. The summed E-state index contributed by atoms with van der Waals surface area (Å²) >= 11 is 6.22. The third kappa shape index (κ3) is 8.77. The van der Waals surface area contributed by atoms with E-state index in [1.165, 1.54) is 0 Å². The third-order valence-electron chi connectivity index (χ3n) is 11.0. The predicted molar refractivity (Wildman–Crippen MR) is 212 cm³/mol. The first-order valence-electron chi connectivity index (χ1n) is 19.3. The van der Waals surface area contributed by atoms with Crippen LogP contribution in [0.5, 0.6) is 11.5 Å². The number of ether oxygens (including phenoxy) is 3. The van der Waals surface area contributed by atoms with E-state index in [2.05, 4.69) is 49.7 Å². The van der Waals surface area contributed by atoms with Gasteiger partial charge < -0.3 is 24.8 Å². The molecule has 3 N–H and O–H groups in total. The van der Waals surface area contributed by atoms with Gasteiger partial charge in [0.1, 0.15) is 29.7 Å². The molecule has 6 rings (SSSR count). The molecule has 14 heteroatoms.